The minimum Gasteiger partial charge on any atom is -0.330 e. The Bertz CT molecular complexity index is 126. The van der Waals surface area contributed by atoms with Crippen LogP contribution in [-0.2, 0) is 14.2 Å². The van der Waals surface area contributed by atoms with Gasteiger partial charge in [-0.2, -0.15) is 0 Å². The van der Waals surface area contributed by atoms with Crippen molar-refractivity contribution in [2.75, 3.05) is 13.2 Å². The van der Waals surface area contributed by atoms with Gasteiger partial charge in [0.05, 0.1) is 6.10 Å². The number of rotatable bonds is 6. The van der Waals surface area contributed by atoms with E-state index in [0.717, 1.165) is 12.8 Å². The topological polar surface area (TPSA) is 27.7 Å². The summed E-state index contributed by atoms with van der Waals surface area (Å²) >= 11 is 0. The van der Waals surface area contributed by atoms with E-state index in [2.05, 4.69) is 0 Å². The van der Waals surface area contributed by atoms with E-state index in [9.17, 15) is 0 Å². The van der Waals surface area contributed by atoms with Crippen molar-refractivity contribution in [3.05, 3.63) is 0 Å². The average Bonchev–Trinajstić information content (AvgIpc) is 2.20. The largest absolute Gasteiger partial charge is 0.330 e. The third-order valence-corrected chi connectivity index (χ3v) is 2.46. The van der Waals surface area contributed by atoms with Crippen LogP contribution in [0.5, 0.6) is 0 Å². The van der Waals surface area contributed by atoms with Crippen LogP contribution in [0.2, 0.25) is 0 Å². The quantitative estimate of drug-likeness (QED) is 0.620. The Morgan fingerprint density at radius 3 is 2.07 bits per heavy atom. The molecular formula is C11H22O3. The normalized spacial score (nSPS) is 19.1. The predicted molar refractivity (Wildman–Crippen MR) is 55.0 cm³/mol. The van der Waals surface area contributed by atoms with E-state index in [1.54, 1.807) is 0 Å². The highest BCUT2D eigenvalue weighted by Gasteiger charge is 2.19. The zero-order valence-corrected chi connectivity index (χ0v) is 9.33. The molecule has 84 valence electrons. The van der Waals surface area contributed by atoms with Crippen molar-refractivity contribution in [3.63, 3.8) is 0 Å². The second-order valence-corrected chi connectivity index (χ2v) is 3.60. The fourth-order valence-electron chi connectivity index (χ4n) is 1.76. The van der Waals surface area contributed by atoms with Gasteiger partial charge in [0.2, 0.25) is 0 Å². The Kier molecular flexibility index (Phi) is 6.15. The van der Waals surface area contributed by atoms with Crippen molar-refractivity contribution in [1.29, 1.82) is 0 Å². The lowest BCUT2D eigenvalue weighted by Gasteiger charge is -2.26. The minimum absolute atomic E-state index is 0.340. The number of ether oxygens (including phenoxy) is 3. The first-order valence-corrected chi connectivity index (χ1v) is 5.75. The molecule has 0 spiro atoms. The number of hydrogen-bond donors (Lipinski definition) is 0. The molecule has 0 unspecified atom stereocenters. The molecule has 3 heteroatoms. The van der Waals surface area contributed by atoms with Crippen molar-refractivity contribution in [3.8, 4) is 0 Å². The van der Waals surface area contributed by atoms with Crippen molar-refractivity contribution in [2.24, 2.45) is 0 Å². The molecule has 0 aromatic heterocycles. The molecule has 1 aliphatic carbocycles. The van der Waals surface area contributed by atoms with E-state index in [0.29, 0.717) is 19.3 Å². The van der Waals surface area contributed by atoms with Crippen LogP contribution in [0.1, 0.15) is 46.0 Å². The third kappa shape index (κ3) is 4.40. The Balaban J connectivity index is 2.21. The summed E-state index contributed by atoms with van der Waals surface area (Å²) in [5.41, 5.74) is 0. The van der Waals surface area contributed by atoms with E-state index in [1.165, 1.54) is 19.3 Å². The molecule has 14 heavy (non-hydrogen) atoms. The molecule has 0 aliphatic heterocycles. The summed E-state index contributed by atoms with van der Waals surface area (Å²) < 4.78 is 16.4. The standard InChI is InChI=1S/C11H22O3/c1-3-12-11(13-4-2)14-10-8-6-5-7-9-10/h10-11H,3-9H2,1-2H3. The molecule has 1 fully saturated rings. The molecule has 1 saturated carbocycles. The summed E-state index contributed by atoms with van der Waals surface area (Å²) in [7, 11) is 0. The minimum atomic E-state index is -0.451. The second-order valence-electron chi connectivity index (χ2n) is 3.60. The zero-order chi connectivity index (χ0) is 10.2. The fraction of sp³-hybridized carbons (Fsp3) is 1.00. The summed E-state index contributed by atoms with van der Waals surface area (Å²) in [4.78, 5) is 0. The molecule has 0 radical (unpaired) electrons. The van der Waals surface area contributed by atoms with Gasteiger partial charge in [-0.05, 0) is 26.7 Å². The lowest BCUT2D eigenvalue weighted by molar-refractivity contribution is -0.303. The predicted octanol–water partition coefficient (Wildman–Crippen LogP) is 2.69. The smallest absolute Gasteiger partial charge is 0.271 e. The maximum absolute atomic E-state index is 5.73. The van der Waals surface area contributed by atoms with Gasteiger partial charge in [0.1, 0.15) is 0 Å². The molecular weight excluding hydrogens is 180 g/mol. The van der Waals surface area contributed by atoms with Crippen LogP contribution in [0.15, 0.2) is 0 Å². The Morgan fingerprint density at radius 1 is 1.00 bits per heavy atom. The van der Waals surface area contributed by atoms with Gasteiger partial charge in [-0.1, -0.05) is 19.3 Å². The van der Waals surface area contributed by atoms with Gasteiger partial charge in [-0.25, -0.2) is 0 Å². The first kappa shape index (κ1) is 12.0. The molecule has 0 amide bonds. The molecule has 0 heterocycles. The summed E-state index contributed by atoms with van der Waals surface area (Å²) in [6.45, 7) is 4.73. The first-order chi connectivity index (χ1) is 6.86. The summed E-state index contributed by atoms with van der Waals surface area (Å²) in [6, 6.07) is 0. The van der Waals surface area contributed by atoms with Crippen LogP contribution in [0.4, 0.5) is 0 Å². The monoisotopic (exact) mass is 202 g/mol. The van der Waals surface area contributed by atoms with Crippen molar-refractivity contribution in [1.82, 2.24) is 0 Å². The average molecular weight is 202 g/mol. The van der Waals surface area contributed by atoms with Gasteiger partial charge in [0.15, 0.2) is 0 Å². The van der Waals surface area contributed by atoms with Gasteiger partial charge in [0, 0.05) is 13.2 Å². The second kappa shape index (κ2) is 7.21. The molecule has 0 N–H and O–H groups in total. The Morgan fingerprint density at radius 2 is 1.57 bits per heavy atom. The van der Waals surface area contributed by atoms with Crippen LogP contribution in [0.3, 0.4) is 0 Å². The van der Waals surface area contributed by atoms with E-state index < -0.39 is 6.48 Å². The maximum atomic E-state index is 5.73. The number of hydrogen-bond acceptors (Lipinski definition) is 3. The van der Waals surface area contributed by atoms with E-state index in [1.807, 2.05) is 13.8 Å². The fourth-order valence-corrected chi connectivity index (χ4v) is 1.76. The van der Waals surface area contributed by atoms with Crippen LogP contribution in [0.25, 0.3) is 0 Å². The van der Waals surface area contributed by atoms with Gasteiger partial charge < -0.3 is 14.2 Å². The highest BCUT2D eigenvalue weighted by Crippen LogP contribution is 2.21. The Hall–Kier alpha value is -0.120. The first-order valence-electron chi connectivity index (χ1n) is 5.75. The van der Waals surface area contributed by atoms with Crippen LogP contribution in [0, 0.1) is 0 Å². The molecule has 0 bridgehead atoms. The lowest BCUT2D eigenvalue weighted by atomic mass is 9.98. The summed E-state index contributed by atoms with van der Waals surface area (Å²) in [5.74, 6) is 0. The third-order valence-electron chi connectivity index (χ3n) is 2.46. The van der Waals surface area contributed by atoms with Crippen molar-refractivity contribution in [2.45, 2.75) is 58.5 Å². The van der Waals surface area contributed by atoms with Crippen LogP contribution in [-0.4, -0.2) is 25.8 Å². The van der Waals surface area contributed by atoms with Gasteiger partial charge in [0.25, 0.3) is 6.48 Å². The molecule has 1 aliphatic rings. The van der Waals surface area contributed by atoms with Gasteiger partial charge in [-0.3, -0.25) is 0 Å². The molecule has 1 rings (SSSR count). The molecule has 0 saturated heterocycles. The maximum Gasteiger partial charge on any atom is 0.271 e. The van der Waals surface area contributed by atoms with Crippen LogP contribution >= 0.6 is 0 Å². The van der Waals surface area contributed by atoms with Gasteiger partial charge >= 0.3 is 0 Å². The van der Waals surface area contributed by atoms with E-state index in [-0.39, 0.29) is 0 Å². The zero-order valence-electron chi connectivity index (χ0n) is 9.33. The lowest BCUT2D eigenvalue weighted by Crippen LogP contribution is -2.28. The van der Waals surface area contributed by atoms with Gasteiger partial charge in [-0.15, -0.1) is 0 Å². The molecule has 0 aromatic carbocycles. The highest BCUT2D eigenvalue weighted by atomic mass is 16.8. The SMILES string of the molecule is CCOC(OCC)OC1CCCCC1. The molecule has 0 aromatic rings. The van der Waals surface area contributed by atoms with E-state index >= 15 is 0 Å². The van der Waals surface area contributed by atoms with Crippen molar-refractivity contribution < 1.29 is 14.2 Å². The molecule has 3 nitrogen and oxygen atoms in total. The van der Waals surface area contributed by atoms with E-state index in [4.69, 9.17) is 14.2 Å². The Labute approximate surface area is 86.7 Å². The molecule has 0 atom stereocenters. The summed E-state index contributed by atoms with van der Waals surface area (Å²) in [5, 5.41) is 0. The highest BCUT2D eigenvalue weighted by molar-refractivity contribution is 4.64. The summed E-state index contributed by atoms with van der Waals surface area (Å²) in [6.07, 6.45) is 6.53. The van der Waals surface area contributed by atoms with Crippen LogP contribution < -0.4 is 0 Å². The van der Waals surface area contributed by atoms with Crippen molar-refractivity contribution >= 4 is 0 Å².